The minimum atomic E-state index is -0.204. The van der Waals surface area contributed by atoms with Crippen LogP contribution in [-0.2, 0) is 6.42 Å². The van der Waals surface area contributed by atoms with Crippen LogP contribution in [0.2, 0.25) is 0 Å². The molecule has 2 aromatic rings. The summed E-state index contributed by atoms with van der Waals surface area (Å²) in [4.78, 5) is 16.2. The summed E-state index contributed by atoms with van der Waals surface area (Å²) in [6.07, 6.45) is 6.15. The zero-order valence-corrected chi connectivity index (χ0v) is 10.1. The zero-order chi connectivity index (χ0) is 12.3. The van der Waals surface area contributed by atoms with Gasteiger partial charge in [0.25, 0.3) is 0 Å². The standard InChI is InChI=1S/C14H16N2O/c1-3-12-4-6-13(7-5-12)14(17)11(2)16-9-8-15-10-16/h4-11H,3H2,1-2H3. The third kappa shape index (κ3) is 2.44. The predicted molar refractivity (Wildman–Crippen MR) is 67.1 cm³/mol. The number of Topliss-reactive ketones (excluding diaryl/α,β-unsaturated/α-hetero) is 1. The van der Waals surface area contributed by atoms with Crippen molar-refractivity contribution in [2.24, 2.45) is 0 Å². The lowest BCUT2D eigenvalue weighted by Gasteiger charge is -2.11. The Morgan fingerprint density at radius 2 is 2.06 bits per heavy atom. The summed E-state index contributed by atoms with van der Waals surface area (Å²) in [7, 11) is 0. The topological polar surface area (TPSA) is 34.9 Å². The molecular formula is C14H16N2O. The Bertz CT molecular complexity index is 485. The lowest BCUT2D eigenvalue weighted by Crippen LogP contribution is -2.15. The van der Waals surface area contributed by atoms with Crippen LogP contribution in [0.3, 0.4) is 0 Å². The number of imidazole rings is 1. The van der Waals surface area contributed by atoms with Crippen molar-refractivity contribution in [3.8, 4) is 0 Å². The molecule has 1 aromatic carbocycles. The number of carbonyl (C=O) groups is 1. The van der Waals surface area contributed by atoms with E-state index in [-0.39, 0.29) is 11.8 Å². The second kappa shape index (κ2) is 4.95. The molecule has 0 aliphatic rings. The summed E-state index contributed by atoms with van der Waals surface area (Å²) in [6, 6.07) is 7.61. The van der Waals surface area contributed by atoms with Gasteiger partial charge in [0.15, 0.2) is 5.78 Å². The molecule has 0 aliphatic heterocycles. The monoisotopic (exact) mass is 228 g/mol. The number of carbonyl (C=O) groups excluding carboxylic acids is 1. The van der Waals surface area contributed by atoms with Crippen molar-refractivity contribution in [1.82, 2.24) is 9.55 Å². The highest BCUT2D eigenvalue weighted by Crippen LogP contribution is 2.14. The first kappa shape index (κ1) is 11.6. The minimum Gasteiger partial charge on any atom is -0.327 e. The van der Waals surface area contributed by atoms with E-state index in [4.69, 9.17) is 0 Å². The van der Waals surface area contributed by atoms with Gasteiger partial charge in [0, 0.05) is 18.0 Å². The van der Waals surface area contributed by atoms with E-state index in [2.05, 4.69) is 11.9 Å². The summed E-state index contributed by atoms with van der Waals surface area (Å²) >= 11 is 0. The van der Waals surface area contributed by atoms with Crippen molar-refractivity contribution in [2.45, 2.75) is 26.3 Å². The molecule has 0 saturated heterocycles. The molecule has 0 amide bonds. The number of rotatable bonds is 4. The van der Waals surface area contributed by atoms with Crippen molar-refractivity contribution in [3.63, 3.8) is 0 Å². The van der Waals surface area contributed by atoms with Crippen molar-refractivity contribution < 1.29 is 4.79 Å². The van der Waals surface area contributed by atoms with E-state index in [9.17, 15) is 4.79 Å². The molecule has 0 spiro atoms. The molecule has 1 unspecified atom stereocenters. The van der Waals surface area contributed by atoms with Gasteiger partial charge >= 0.3 is 0 Å². The average molecular weight is 228 g/mol. The Hall–Kier alpha value is -1.90. The summed E-state index contributed by atoms with van der Waals surface area (Å²) in [5.41, 5.74) is 2.00. The lowest BCUT2D eigenvalue weighted by atomic mass is 10.0. The first-order valence-corrected chi connectivity index (χ1v) is 5.83. The number of aromatic nitrogens is 2. The van der Waals surface area contributed by atoms with Crippen LogP contribution in [0.5, 0.6) is 0 Å². The molecule has 17 heavy (non-hydrogen) atoms. The van der Waals surface area contributed by atoms with Crippen LogP contribution in [0.25, 0.3) is 0 Å². The molecule has 0 fully saturated rings. The number of hydrogen-bond donors (Lipinski definition) is 0. The van der Waals surface area contributed by atoms with Gasteiger partial charge in [-0.15, -0.1) is 0 Å². The maximum Gasteiger partial charge on any atom is 0.185 e. The number of hydrogen-bond acceptors (Lipinski definition) is 2. The summed E-state index contributed by atoms with van der Waals surface area (Å²) in [6.45, 7) is 3.99. The van der Waals surface area contributed by atoms with Crippen LogP contribution in [0.15, 0.2) is 43.0 Å². The number of aryl methyl sites for hydroxylation is 1. The van der Waals surface area contributed by atoms with Gasteiger partial charge in [-0.2, -0.15) is 0 Å². The molecule has 3 heteroatoms. The third-order valence-electron chi connectivity index (χ3n) is 3.00. The van der Waals surface area contributed by atoms with E-state index in [1.165, 1.54) is 5.56 Å². The highest BCUT2D eigenvalue weighted by Gasteiger charge is 2.15. The summed E-state index contributed by atoms with van der Waals surface area (Å²) in [5, 5.41) is 0. The second-order valence-electron chi connectivity index (χ2n) is 4.10. The Balaban J connectivity index is 2.19. The van der Waals surface area contributed by atoms with Gasteiger partial charge in [-0.25, -0.2) is 4.98 Å². The van der Waals surface area contributed by atoms with Crippen molar-refractivity contribution in [2.75, 3.05) is 0 Å². The molecule has 1 heterocycles. The molecule has 0 saturated carbocycles. The van der Waals surface area contributed by atoms with E-state index < -0.39 is 0 Å². The van der Waals surface area contributed by atoms with Crippen molar-refractivity contribution >= 4 is 5.78 Å². The molecule has 88 valence electrons. The Morgan fingerprint density at radius 3 is 2.59 bits per heavy atom. The maximum atomic E-state index is 12.2. The second-order valence-corrected chi connectivity index (χ2v) is 4.10. The van der Waals surface area contributed by atoms with Crippen LogP contribution in [0, 0.1) is 0 Å². The molecule has 1 aromatic heterocycles. The van der Waals surface area contributed by atoms with Crippen LogP contribution < -0.4 is 0 Å². The largest absolute Gasteiger partial charge is 0.327 e. The molecule has 3 nitrogen and oxygen atoms in total. The van der Waals surface area contributed by atoms with Crippen molar-refractivity contribution in [3.05, 3.63) is 54.1 Å². The first-order chi connectivity index (χ1) is 8.22. The van der Waals surface area contributed by atoms with Gasteiger partial charge in [-0.1, -0.05) is 31.2 Å². The molecule has 0 N–H and O–H groups in total. The van der Waals surface area contributed by atoms with E-state index in [0.717, 1.165) is 12.0 Å². The average Bonchev–Trinajstić information content (AvgIpc) is 2.91. The van der Waals surface area contributed by atoms with Gasteiger partial charge < -0.3 is 4.57 Å². The number of benzene rings is 1. The van der Waals surface area contributed by atoms with Crippen molar-refractivity contribution in [1.29, 1.82) is 0 Å². The highest BCUT2D eigenvalue weighted by molar-refractivity contribution is 5.98. The fraction of sp³-hybridized carbons (Fsp3) is 0.286. The minimum absolute atomic E-state index is 0.116. The third-order valence-corrected chi connectivity index (χ3v) is 3.00. The Morgan fingerprint density at radius 1 is 1.35 bits per heavy atom. The van der Waals surface area contributed by atoms with Gasteiger partial charge in [0.05, 0.1) is 12.4 Å². The normalized spacial score (nSPS) is 12.4. The number of nitrogens with zero attached hydrogens (tertiary/aromatic N) is 2. The molecule has 2 rings (SSSR count). The summed E-state index contributed by atoms with van der Waals surface area (Å²) < 4.78 is 1.82. The van der Waals surface area contributed by atoms with Gasteiger partial charge in [-0.3, -0.25) is 4.79 Å². The van der Waals surface area contributed by atoms with Crippen LogP contribution in [0.4, 0.5) is 0 Å². The first-order valence-electron chi connectivity index (χ1n) is 5.83. The van der Waals surface area contributed by atoms with E-state index >= 15 is 0 Å². The highest BCUT2D eigenvalue weighted by atomic mass is 16.1. The van der Waals surface area contributed by atoms with Gasteiger partial charge in [-0.05, 0) is 18.9 Å². The van der Waals surface area contributed by atoms with Crippen LogP contribution in [-0.4, -0.2) is 15.3 Å². The molecule has 1 atom stereocenters. The summed E-state index contributed by atoms with van der Waals surface area (Å²) in [5.74, 6) is 0.116. The van der Waals surface area contributed by atoms with E-state index in [0.29, 0.717) is 0 Å². The predicted octanol–water partition coefficient (Wildman–Crippen LogP) is 2.89. The molecular weight excluding hydrogens is 212 g/mol. The van der Waals surface area contributed by atoms with Crippen LogP contribution >= 0.6 is 0 Å². The van der Waals surface area contributed by atoms with Gasteiger partial charge in [0.2, 0.25) is 0 Å². The SMILES string of the molecule is CCc1ccc(C(=O)C(C)n2ccnc2)cc1. The van der Waals surface area contributed by atoms with E-state index in [1.54, 1.807) is 12.5 Å². The Labute approximate surface area is 101 Å². The zero-order valence-electron chi connectivity index (χ0n) is 10.1. The van der Waals surface area contributed by atoms with Crippen LogP contribution in [0.1, 0.15) is 35.8 Å². The number of ketones is 1. The molecule has 0 radical (unpaired) electrons. The fourth-order valence-electron chi connectivity index (χ4n) is 1.78. The molecule has 0 bridgehead atoms. The molecule has 0 aliphatic carbocycles. The van der Waals surface area contributed by atoms with E-state index in [1.807, 2.05) is 42.0 Å². The maximum absolute atomic E-state index is 12.2. The lowest BCUT2D eigenvalue weighted by molar-refractivity contribution is 0.0935. The quantitative estimate of drug-likeness (QED) is 0.754. The van der Waals surface area contributed by atoms with Gasteiger partial charge in [0.1, 0.15) is 0 Å². The fourth-order valence-corrected chi connectivity index (χ4v) is 1.78. The smallest absolute Gasteiger partial charge is 0.185 e. The Kier molecular flexibility index (Phi) is 3.38.